The summed E-state index contributed by atoms with van der Waals surface area (Å²) in [6, 6.07) is 9.45. The highest BCUT2D eigenvalue weighted by Crippen LogP contribution is 2.31. The van der Waals surface area contributed by atoms with Crippen LogP contribution < -0.4 is 0 Å². The fraction of sp³-hybridized carbons (Fsp3) is 0.652. The second-order valence-electron chi connectivity index (χ2n) is 9.73. The molecule has 2 rings (SSSR count). The van der Waals surface area contributed by atoms with Gasteiger partial charge in [-0.05, 0) is 54.0 Å². The average Bonchev–Trinajstić information content (AvgIpc) is 2.63. The standard InChI is InChI=1S/C23H34O7/c1-14-16(29-20(25)22(2,3)4)17(27-13-15-11-9-8-10-12-15)18(19(24)28-14)30-21(26)23(5,6)7/h8-12,14,16-19,24H,13H2,1-7H3/t14-,16-,17+,18-,19+/m1/s1. The van der Waals surface area contributed by atoms with Crippen molar-refractivity contribution in [2.24, 2.45) is 10.8 Å². The van der Waals surface area contributed by atoms with Crippen molar-refractivity contribution in [3.8, 4) is 0 Å². The first-order chi connectivity index (χ1) is 13.8. The Morgan fingerprint density at radius 1 is 0.900 bits per heavy atom. The van der Waals surface area contributed by atoms with Gasteiger partial charge in [0.1, 0.15) is 6.10 Å². The van der Waals surface area contributed by atoms with Gasteiger partial charge in [-0.25, -0.2) is 0 Å². The van der Waals surface area contributed by atoms with Crippen LogP contribution in [0.3, 0.4) is 0 Å². The summed E-state index contributed by atoms with van der Waals surface area (Å²) in [5.74, 6) is -0.951. The molecule has 168 valence electrons. The van der Waals surface area contributed by atoms with Crippen LogP contribution in [0, 0.1) is 10.8 Å². The molecule has 1 N–H and O–H groups in total. The molecular formula is C23H34O7. The Labute approximate surface area is 178 Å². The van der Waals surface area contributed by atoms with Crippen LogP contribution >= 0.6 is 0 Å². The summed E-state index contributed by atoms with van der Waals surface area (Å²) in [5.41, 5.74) is -0.630. The number of ether oxygens (including phenoxy) is 4. The highest BCUT2D eigenvalue weighted by molar-refractivity contribution is 5.76. The molecule has 1 aliphatic rings. The summed E-state index contributed by atoms with van der Waals surface area (Å²) in [4.78, 5) is 25.1. The van der Waals surface area contributed by atoms with E-state index in [0.29, 0.717) is 0 Å². The van der Waals surface area contributed by atoms with Gasteiger partial charge < -0.3 is 24.1 Å². The maximum atomic E-state index is 12.6. The van der Waals surface area contributed by atoms with Crippen LogP contribution in [0.25, 0.3) is 0 Å². The lowest BCUT2D eigenvalue weighted by atomic mass is 9.94. The normalized spacial score (nSPS) is 27.4. The number of aliphatic hydroxyl groups excluding tert-OH is 1. The molecule has 0 saturated carbocycles. The molecule has 7 nitrogen and oxygen atoms in total. The molecule has 0 aliphatic carbocycles. The van der Waals surface area contributed by atoms with Crippen molar-refractivity contribution in [3.05, 3.63) is 35.9 Å². The Kier molecular flexibility index (Phi) is 7.66. The summed E-state index contributed by atoms with van der Waals surface area (Å²) in [6.07, 6.45) is -4.97. The molecule has 1 saturated heterocycles. The Bertz CT molecular complexity index is 677. The zero-order valence-electron chi connectivity index (χ0n) is 18.9. The second kappa shape index (κ2) is 9.45. The minimum Gasteiger partial charge on any atom is -0.456 e. The molecule has 0 amide bonds. The van der Waals surface area contributed by atoms with Gasteiger partial charge in [0.25, 0.3) is 0 Å². The Hall–Kier alpha value is -1.96. The van der Waals surface area contributed by atoms with Gasteiger partial charge in [-0.15, -0.1) is 0 Å². The fourth-order valence-electron chi connectivity index (χ4n) is 2.84. The van der Waals surface area contributed by atoms with Gasteiger partial charge in [-0.3, -0.25) is 9.59 Å². The molecule has 0 spiro atoms. The Morgan fingerprint density at radius 2 is 1.40 bits per heavy atom. The highest BCUT2D eigenvalue weighted by Gasteiger charge is 2.50. The molecule has 0 aromatic heterocycles. The number of hydrogen-bond acceptors (Lipinski definition) is 7. The number of aliphatic hydroxyl groups is 1. The molecule has 30 heavy (non-hydrogen) atoms. The quantitative estimate of drug-likeness (QED) is 0.729. The smallest absolute Gasteiger partial charge is 0.311 e. The first-order valence-corrected chi connectivity index (χ1v) is 10.2. The summed E-state index contributed by atoms with van der Waals surface area (Å²) < 4.78 is 22.9. The van der Waals surface area contributed by atoms with Crippen molar-refractivity contribution in [2.75, 3.05) is 0 Å². The highest BCUT2D eigenvalue weighted by atomic mass is 16.7. The molecular weight excluding hydrogens is 388 g/mol. The van der Waals surface area contributed by atoms with Crippen LogP contribution in [0.5, 0.6) is 0 Å². The number of rotatable bonds is 5. The van der Waals surface area contributed by atoms with E-state index in [0.717, 1.165) is 5.56 Å². The second-order valence-corrected chi connectivity index (χ2v) is 9.73. The van der Waals surface area contributed by atoms with Gasteiger partial charge in [-0.1, -0.05) is 30.3 Å². The van der Waals surface area contributed by atoms with Crippen LogP contribution in [0.4, 0.5) is 0 Å². The van der Waals surface area contributed by atoms with Crippen molar-refractivity contribution in [1.29, 1.82) is 0 Å². The molecule has 0 radical (unpaired) electrons. The van der Waals surface area contributed by atoms with E-state index >= 15 is 0 Å². The van der Waals surface area contributed by atoms with Gasteiger partial charge in [0.2, 0.25) is 0 Å². The van der Waals surface area contributed by atoms with Crippen molar-refractivity contribution < 1.29 is 33.6 Å². The fourth-order valence-corrected chi connectivity index (χ4v) is 2.84. The third kappa shape index (κ3) is 6.27. The van der Waals surface area contributed by atoms with E-state index < -0.39 is 53.5 Å². The van der Waals surface area contributed by atoms with Gasteiger partial charge in [0.15, 0.2) is 18.5 Å². The van der Waals surface area contributed by atoms with Crippen LogP contribution in [0.2, 0.25) is 0 Å². The van der Waals surface area contributed by atoms with E-state index in [9.17, 15) is 14.7 Å². The number of carbonyl (C=O) groups excluding carboxylic acids is 2. The van der Waals surface area contributed by atoms with Gasteiger partial charge in [0, 0.05) is 0 Å². The molecule has 1 aliphatic heterocycles. The monoisotopic (exact) mass is 422 g/mol. The van der Waals surface area contributed by atoms with Crippen molar-refractivity contribution in [3.63, 3.8) is 0 Å². The summed E-state index contributed by atoms with van der Waals surface area (Å²) in [5, 5.41) is 10.5. The molecule has 7 heteroatoms. The van der Waals surface area contributed by atoms with Crippen LogP contribution in [0.15, 0.2) is 30.3 Å². The minimum atomic E-state index is -1.41. The first kappa shape index (κ1) is 24.3. The zero-order chi connectivity index (χ0) is 22.7. The van der Waals surface area contributed by atoms with E-state index in [1.54, 1.807) is 48.5 Å². The van der Waals surface area contributed by atoms with E-state index in [1.165, 1.54) is 0 Å². The third-order valence-corrected chi connectivity index (χ3v) is 4.74. The molecule has 5 atom stereocenters. The summed E-state index contributed by atoms with van der Waals surface area (Å²) in [7, 11) is 0. The number of esters is 2. The van der Waals surface area contributed by atoms with Crippen LogP contribution in [-0.4, -0.2) is 47.8 Å². The minimum absolute atomic E-state index is 0.193. The van der Waals surface area contributed by atoms with Gasteiger partial charge in [0.05, 0.1) is 23.5 Å². The molecule has 1 aromatic carbocycles. The topological polar surface area (TPSA) is 91.3 Å². The molecule has 0 unspecified atom stereocenters. The number of hydrogen-bond donors (Lipinski definition) is 1. The number of benzene rings is 1. The van der Waals surface area contributed by atoms with Gasteiger partial charge >= 0.3 is 11.9 Å². The van der Waals surface area contributed by atoms with Crippen molar-refractivity contribution in [1.82, 2.24) is 0 Å². The maximum Gasteiger partial charge on any atom is 0.311 e. The van der Waals surface area contributed by atoms with E-state index in [1.807, 2.05) is 30.3 Å². The molecule has 1 heterocycles. The molecule has 1 aromatic rings. The summed E-state index contributed by atoms with van der Waals surface area (Å²) in [6.45, 7) is 12.3. The Balaban J connectivity index is 2.31. The van der Waals surface area contributed by atoms with E-state index in [4.69, 9.17) is 18.9 Å². The number of carbonyl (C=O) groups is 2. The molecule has 0 bridgehead atoms. The predicted octanol–water partition coefficient (Wildman–Crippen LogP) is 3.22. The van der Waals surface area contributed by atoms with Crippen LogP contribution in [0.1, 0.15) is 54.0 Å². The van der Waals surface area contributed by atoms with Crippen molar-refractivity contribution >= 4 is 11.9 Å². The van der Waals surface area contributed by atoms with Crippen molar-refractivity contribution in [2.45, 2.75) is 85.8 Å². The van der Waals surface area contributed by atoms with E-state index in [2.05, 4.69) is 0 Å². The third-order valence-electron chi connectivity index (χ3n) is 4.74. The molecule has 1 fully saturated rings. The lowest BCUT2D eigenvalue weighted by molar-refractivity contribution is -0.297. The van der Waals surface area contributed by atoms with E-state index in [-0.39, 0.29) is 6.61 Å². The predicted molar refractivity (Wildman–Crippen MR) is 110 cm³/mol. The lowest BCUT2D eigenvalue weighted by Crippen LogP contribution is -2.61. The maximum absolute atomic E-state index is 12.6. The lowest BCUT2D eigenvalue weighted by Gasteiger charge is -2.43. The largest absolute Gasteiger partial charge is 0.456 e. The first-order valence-electron chi connectivity index (χ1n) is 10.2. The Morgan fingerprint density at radius 3 is 1.90 bits per heavy atom. The zero-order valence-corrected chi connectivity index (χ0v) is 18.9. The van der Waals surface area contributed by atoms with Gasteiger partial charge in [-0.2, -0.15) is 0 Å². The average molecular weight is 423 g/mol. The van der Waals surface area contributed by atoms with Crippen LogP contribution in [-0.2, 0) is 35.1 Å². The SMILES string of the molecule is C[C@H]1O[C@H](O)[C@H](OC(=O)C(C)(C)C)[C@@H](OCc2ccccc2)[C@@H]1OC(=O)C(C)(C)C. The summed E-state index contributed by atoms with van der Waals surface area (Å²) >= 11 is 0.